The molecule has 3 N–H and O–H groups in total. The Morgan fingerprint density at radius 2 is 2.10 bits per heavy atom. The monoisotopic (exact) mass is 290 g/mol. The molecule has 0 saturated heterocycles. The zero-order valence-corrected chi connectivity index (χ0v) is 11.0. The maximum atomic E-state index is 13.6. The van der Waals surface area contributed by atoms with E-state index in [9.17, 15) is 17.6 Å². The van der Waals surface area contributed by atoms with E-state index in [1.165, 1.54) is 6.07 Å². The molecule has 0 bridgehead atoms. The van der Waals surface area contributed by atoms with Crippen molar-refractivity contribution >= 4 is 0 Å². The summed E-state index contributed by atoms with van der Waals surface area (Å²) in [5, 5.41) is 0. The maximum Gasteiger partial charge on any atom is 0.248 e. The zero-order chi connectivity index (χ0) is 14.8. The van der Waals surface area contributed by atoms with Crippen LogP contribution in [0.25, 0.3) is 0 Å². The Hall–Kier alpha value is -1.14. The summed E-state index contributed by atoms with van der Waals surface area (Å²) >= 11 is 0. The van der Waals surface area contributed by atoms with Crippen molar-refractivity contribution in [2.45, 2.75) is 44.1 Å². The van der Waals surface area contributed by atoms with Crippen LogP contribution in [0, 0.1) is 17.6 Å². The first-order chi connectivity index (χ1) is 9.41. The molecule has 0 amide bonds. The Morgan fingerprint density at radius 3 is 2.70 bits per heavy atom. The third-order valence-electron chi connectivity index (χ3n) is 3.92. The normalized spacial score (nSPS) is 23.6. The van der Waals surface area contributed by atoms with E-state index in [2.05, 4.69) is 5.43 Å². The van der Waals surface area contributed by atoms with Gasteiger partial charge in [0.05, 0.1) is 0 Å². The summed E-state index contributed by atoms with van der Waals surface area (Å²) in [5.41, 5.74) is 2.79. The molecule has 2 unspecified atom stereocenters. The lowest BCUT2D eigenvalue weighted by atomic mass is 9.80. The van der Waals surface area contributed by atoms with Crippen LogP contribution in [-0.4, -0.2) is 12.0 Å². The fraction of sp³-hybridized carbons (Fsp3) is 0.571. The number of nitrogens with two attached hydrogens (primary N) is 1. The minimum absolute atomic E-state index is 0.105. The van der Waals surface area contributed by atoms with E-state index < -0.39 is 23.6 Å². The molecule has 0 spiro atoms. The zero-order valence-electron chi connectivity index (χ0n) is 11.0. The molecule has 112 valence electrons. The number of hydrogen-bond acceptors (Lipinski definition) is 2. The maximum absolute atomic E-state index is 13.6. The summed E-state index contributed by atoms with van der Waals surface area (Å²) in [7, 11) is 0. The Balaban J connectivity index is 2.08. The minimum atomic E-state index is -2.68. The van der Waals surface area contributed by atoms with E-state index in [1.54, 1.807) is 0 Å². The molecule has 2 nitrogen and oxygen atoms in total. The van der Waals surface area contributed by atoms with Gasteiger partial charge in [-0.2, -0.15) is 0 Å². The molecular formula is C14H18F4N2. The van der Waals surface area contributed by atoms with Gasteiger partial charge in [-0.25, -0.2) is 17.6 Å². The summed E-state index contributed by atoms with van der Waals surface area (Å²) in [5.74, 6) is 1.10. The van der Waals surface area contributed by atoms with Crippen molar-refractivity contribution in [3.8, 4) is 0 Å². The van der Waals surface area contributed by atoms with Crippen molar-refractivity contribution in [1.29, 1.82) is 0 Å². The summed E-state index contributed by atoms with van der Waals surface area (Å²) in [6.45, 7) is 0. The number of hydrogen-bond donors (Lipinski definition) is 2. The first-order valence-corrected chi connectivity index (χ1v) is 6.69. The van der Waals surface area contributed by atoms with E-state index in [4.69, 9.17) is 5.84 Å². The van der Waals surface area contributed by atoms with Crippen LogP contribution in [0.2, 0.25) is 0 Å². The van der Waals surface area contributed by atoms with Gasteiger partial charge in [0.1, 0.15) is 11.6 Å². The molecule has 0 aliphatic heterocycles. The molecule has 1 aliphatic rings. The molecule has 0 heterocycles. The van der Waals surface area contributed by atoms with Gasteiger partial charge in [0.15, 0.2) is 0 Å². The summed E-state index contributed by atoms with van der Waals surface area (Å²) in [4.78, 5) is 0. The lowest BCUT2D eigenvalue weighted by Gasteiger charge is -2.34. The number of alkyl halides is 2. The fourth-order valence-corrected chi connectivity index (χ4v) is 2.84. The highest BCUT2D eigenvalue weighted by atomic mass is 19.3. The highest BCUT2D eigenvalue weighted by molar-refractivity contribution is 5.20. The molecule has 0 aromatic heterocycles. The average Bonchev–Trinajstić information content (AvgIpc) is 2.36. The molecule has 2 atom stereocenters. The molecular weight excluding hydrogens is 272 g/mol. The molecule has 2 rings (SSSR count). The smallest absolute Gasteiger partial charge is 0.248 e. The van der Waals surface area contributed by atoms with Gasteiger partial charge in [0, 0.05) is 24.9 Å². The summed E-state index contributed by atoms with van der Waals surface area (Å²) in [6.07, 6.45) is 0.884. The van der Waals surface area contributed by atoms with Crippen LogP contribution in [-0.2, 0) is 6.42 Å². The van der Waals surface area contributed by atoms with E-state index >= 15 is 0 Å². The molecule has 0 radical (unpaired) electrons. The van der Waals surface area contributed by atoms with Gasteiger partial charge in [-0.3, -0.25) is 11.3 Å². The second-order valence-corrected chi connectivity index (χ2v) is 5.43. The Bertz CT molecular complexity index is 464. The van der Waals surface area contributed by atoms with Gasteiger partial charge in [-0.15, -0.1) is 0 Å². The van der Waals surface area contributed by atoms with Crippen LogP contribution in [0.3, 0.4) is 0 Å². The standard InChI is InChI=1S/C14H18F4N2/c15-11-4-3-9(12(16)7-11)6-13(20-19)10-2-1-5-14(17,18)8-10/h3-4,7,10,13,20H,1-2,5-6,8,19H2. The van der Waals surface area contributed by atoms with Crippen LogP contribution in [0.15, 0.2) is 18.2 Å². The Kier molecular flexibility index (Phi) is 4.65. The molecule has 1 aliphatic carbocycles. The molecule has 1 fully saturated rings. The average molecular weight is 290 g/mol. The fourth-order valence-electron chi connectivity index (χ4n) is 2.84. The van der Waals surface area contributed by atoms with Crippen molar-refractivity contribution in [3.05, 3.63) is 35.4 Å². The van der Waals surface area contributed by atoms with Crippen LogP contribution in [0.4, 0.5) is 17.6 Å². The second kappa shape index (κ2) is 6.10. The van der Waals surface area contributed by atoms with E-state index in [0.717, 1.165) is 12.1 Å². The Morgan fingerprint density at radius 1 is 1.35 bits per heavy atom. The predicted molar refractivity (Wildman–Crippen MR) is 68.1 cm³/mol. The number of nitrogens with one attached hydrogen (secondary N) is 1. The van der Waals surface area contributed by atoms with Gasteiger partial charge in [0.2, 0.25) is 5.92 Å². The molecule has 1 saturated carbocycles. The first-order valence-electron chi connectivity index (χ1n) is 6.69. The van der Waals surface area contributed by atoms with Gasteiger partial charge in [0.25, 0.3) is 0 Å². The number of rotatable bonds is 4. The predicted octanol–water partition coefficient (Wildman–Crippen LogP) is 3.16. The SMILES string of the molecule is NNC(Cc1ccc(F)cc1F)C1CCCC(F)(F)C1. The first kappa shape index (κ1) is 15.3. The van der Waals surface area contributed by atoms with Gasteiger partial charge >= 0.3 is 0 Å². The van der Waals surface area contributed by atoms with Gasteiger partial charge < -0.3 is 0 Å². The number of halogens is 4. The number of hydrazine groups is 1. The van der Waals surface area contributed by atoms with Crippen molar-refractivity contribution in [3.63, 3.8) is 0 Å². The largest absolute Gasteiger partial charge is 0.271 e. The third kappa shape index (κ3) is 3.70. The topological polar surface area (TPSA) is 38.0 Å². The van der Waals surface area contributed by atoms with Crippen LogP contribution < -0.4 is 11.3 Å². The quantitative estimate of drug-likeness (QED) is 0.508. The van der Waals surface area contributed by atoms with E-state index in [-0.39, 0.29) is 30.7 Å². The van der Waals surface area contributed by atoms with E-state index in [1.807, 2.05) is 0 Å². The number of benzene rings is 1. The molecule has 1 aromatic carbocycles. The lowest BCUT2D eigenvalue weighted by molar-refractivity contribution is -0.0581. The third-order valence-corrected chi connectivity index (χ3v) is 3.92. The van der Waals surface area contributed by atoms with Gasteiger partial charge in [-0.05, 0) is 36.8 Å². The molecule has 1 aromatic rings. The van der Waals surface area contributed by atoms with Crippen molar-refractivity contribution in [2.24, 2.45) is 11.8 Å². The minimum Gasteiger partial charge on any atom is -0.271 e. The summed E-state index contributed by atoms with van der Waals surface area (Å²) in [6, 6.07) is 2.83. The highest BCUT2D eigenvalue weighted by Gasteiger charge is 2.39. The van der Waals surface area contributed by atoms with Crippen LogP contribution in [0.1, 0.15) is 31.2 Å². The summed E-state index contributed by atoms with van der Waals surface area (Å²) < 4.78 is 53.3. The van der Waals surface area contributed by atoms with E-state index in [0.29, 0.717) is 12.8 Å². The van der Waals surface area contributed by atoms with Crippen molar-refractivity contribution < 1.29 is 17.6 Å². The van der Waals surface area contributed by atoms with Crippen LogP contribution >= 0.6 is 0 Å². The second-order valence-electron chi connectivity index (χ2n) is 5.43. The van der Waals surface area contributed by atoms with Crippen molar-refractivity contribution in [1.82, 2.24) is 5.43 Å². The van der Waals surface area contributed by atoms with Crippen molar-refractivity contribution in [2.75, 3.05) is 0 Å². The lowest BCUT2D eigenvalue weighted by Crippen LogP contribution is -2.46. The molecule has 6 heteroatoms. The van der Waals surface area contributed by atoms with Gasteiger partial charge in [-0.1, -0.05) is 6.07 Å². The molecule has 20 heavy (non-hydrogen) atoms. The van der Waals surface area contributed by atoms with Crippen LogP contribution in [0.5, 0.6) is 0 Å². The highest BCUT2D eigenvalue weighted by Crippen LogP contribution is 2.38. The Labute approximate surface area is 115 Å².